The Hall–Kier alpha value is -2.77. The van der Waals surface area contributed by atoms with Crippen molar-refractivity contribution in [3.63, 3.8) is 0 Å². The minimum atomic E-state index is 0.642. The first-order valence-corrected chi connectivity index (χ1v) is 11.3. The molecule has 1 aliphatic heterocycles. The molecule has 2 aromatic carbocycles. The van der Waals surface area contributed by atoms with Gasteiger partial charge >= 0.3 is 0 Å². The Balaban J connectivity index is 1.54. The molecule has 0 saturated carbocycles. The Morgan fingerprint density at radius 1 is 0.875 bits per heavy atom. The highest BCUT2D eigenvalue weighted by atomic mass is 16.5. The van der Waals surface area contributed by atoms with Crippen molar-refractivity contribution in [2.45, 2.75) is 26.6 Å². The van der Waals surface area contributed by atoms with Gasteiger partial charge in [-0.3, -0.25) is 9.89 Å². The highest BCUT2D eigenvalue weighted by Gasteiger charge is 2.16. The number of aliphatic imine (C=N–C) groups is 1. The molecule has 7 nitrogen and oxygen atoms in total. The van der Waals surface area contributed by atoms with Crippen molar-refractivity contribution in [3.05, 3.63) is 59.2 Å². The number of benzene rings is 2. The molecule has 1 aliphatic rings. The number of likely N-dealkylation sites (N-methyl/N-ethyl adjacent to an activating group) is 1. The van der Waals surface area contributed by atoms with Crippen LogP contribution in [0.4, 0.5) is 0 Å². The third-order valence-electron chi connectivity index (χ3n) is 6.00. The van der Waals surface area contributed by atoms with Crippen LogP contribution >= 0.6 is 0 Å². The molecule has 7 heteroatoms. The van der Waals surface area contributed by atoms with Gasteiger partial charge in [0, 0.05) is 52.9 Å². The number of nitrogens with one attached hydrogen (secondary N) is 2. The van der Waals surface area contributed by atoms with Crippen LogP contribution in [0.15, 0.2) is 47.5 Å². The highest BCUT2D eigenvalue weighted by Crippen LogP contribution is 2.27. The number of ether oxygens (including phenoxy) is 2. The van der Waals surface area contributed by atoms with Crippen LogP contribution in [0.2, 0.25) is 0 Å². The minimum Gasteiger partial charge on any atom is -0.493 e. The second-order valence-corrected chi connectivity index (χ2v) is 7.95. The Morgan fingerprint density at radius 3 is 2.19 bits per heavy atom. The Labute approximate surface area is 192 Å². The average Bonchev–Trinajstić information content (AvgIpc) is 2.85. The van der Waals surface area contributed by atoms with Gasteiger partial charge in [-0.25, -0.2) is 0 Å². The number of guanidine groups is 1. The van der Waals surface area contributed by atoms with Crippen LogP contribution in [0.3, 0.4) is 0 Å². The van der Waals surface area contributed by atoms with Gasteiger partial charge in [0.2, 0.25) is 0 Å². The topological polar surface area (TPSA) is 61.4 Å². The molecule has 0 amide bonds. The van der Waals surface area contributed by atoms with Crippen molar-refractivity contribution < 1.29 is 9.47 Å². The quantitative estimate of drug-likeness (QED) is 0.463. The van der Waals surface area contributed by atoms with Crippen LogP contribution < -0.4 is 20.1 Å². The van der Waals surface area contributed by atoms with Gasteiger partial charge in [0.1, 0.15) is 0 Å². The Morgan fingerprint density at radius 2 is 1.53 bits per heavy atom. The van der Waals surface area contributed by atoms with Gasteiger partial charge in [0.05, 0.1) is 14.2 Å². The molecule has 0 radical (unpaired) electrons. The number of nitrogens with zero attached hydrogens (tertiary/aromatic N) is 3. The zero-order valence-corrected chi connectivity index (χ0v) is 19.9. The summed E-state index contributed by atoms with van der Waals surface area (Å²) in [6, 6.07) is 14.6. The summed E-state index contributed by atoms with van der Waals surface area (Å²) in [6.45, 7) is 10.3. The SMILES string of the molecule is CCN1CCN(Cc2ccccc2CNC(=NC)NCc2ccc(OC)c(OC)c2)CC1. The first kappa shape index (κ1) is 23.9. The van der Waals surface area contributed by atoms with E-state index in [0.29, 0.717) is 6.54 Å². The number of hydrogen-bond acceptors (Lipinski definition) is 5. The predicted molar refractivity (Wildman–Crippen MR) is 130 cm³/mol. The third kappa shape index (κ3) is 6.61. The van der Waals surface area contributed by atoms with Gasteiger partial charge in [-0.1, -0.05) is 37.3 Å². The Kier molecular flexibility index (Phi) is 9.19. The fourth-order valence-electron chi connectivity index (χ4n) is 3.96. The molecule has 1 fully saturated rings. The summed E-state index contributed by atoms with van der Waals surface area (Å²) in [5, 5.41) is 6.84. The van der Waals surface area contributed by atoms with Crippen LogP contribution in [0.5, 0.6) is 11.5 Å². The normalized spacial score (nSPS) is 15.4. The van der Waals surface area contributed by atoms with Crippen LogP contribution in [0, 0.1) is 0 Å². The van der Waals surface area contributed by atoms with Gasteiger partial charge in [-0.2, -0.15) is 0 Å². The van der Waals surface area contributed by atoms with Crippen molar-refractivity contribution in [1.82, 2.24) is 20.4 Å². The minimum absolute atomic E-state index is 0.642. The van der Waals surface area contributed by atoms with E-state index in [-0.39, 0.29) is 0 Å². The zero-order chi connectivity index (χ0) is 22.8. The zero-order valence-electron chi connectivity index (χ0n) is 19.9. The predicted octanol–water partition coefficient (Wildman–Crippen LogP) is 2.71. The van der Waals surface area contributed by atoms with E-state index >= 15 is 0 Å². The maximum absolute atomic E-state index is 5.40. The van der Waals surface area contributed by atoms with Crippen molar-refractivity contribution in [1.29, 1.82) is 0 Å². The lowest BCUT2D eigenvalue weighted by Crippen LogP contribution is -2.45. The summed E-state index contributed by atoms with van der Waals surface area (Å²) in [5.74, 6) is 2.22. The molecule has 0 aromatic heterocycles. The lowest BCUT2D eigenvalue weighted by atomic mass is 10.1. The van der Waals surface area contributed by atoms with Crippen molar-refractivity contribution >= 4 is 5.96 Å². The lowest BCUT2D eigenvalue weighted by Gasteiger charge is -2.34. The fraction of sp³-hybridized carbons (Fsp3) is 0.480. The first-order chi connectivity index (χ1) is 15.7. The van der Waals surface area contributed by atoms with E-state index in [4.69, 9.17) is 9.47 Å². The molecule has 2 N–H and O–H groups in total. The monoisotopic (exact) mass is 439 g/mol. The summed E-state index contributed by atoms with van der Waals surface area (Å²) in [5.41, 5.74) is 3.78. The van der Waals surface area contributed by atoms with Gasteiger partial charge in [-0.05, 0) is 35.4 Å². The van der Waals surface area contributed by atoms with Gasteiger partial charge in [0.15, 0.2) is 17.5 Å². The number of hydrogen-bond donors (Lipinski definition) is 2. The van der Waals surface area contributed by atoms with Crippen molar-refractivity contribution in [2.24, 2.45) is 4.99 Å². The maximum atomic E-state index is 5.40. The molecule has 1 saturated heterocycles. The average molecular weight is 440 g/mol. The molecule has 0 atom stereocenters. The molecule has 3 rings (SSSR count). The Bertz CT molecular complexity index is 878. The number of methoxy groups -OCH3 is 2. The van der Waals surface area contributed by atoms with Gasteiger partial charge in [-0.15, -0.1) is 0 Å². The molecule has 32 heavy (non-hydrogen) atoms. The van der Waals surface area contributed by atoms with E-state index in [1.165, 1.54) is 11.1 Å². The molecular weight excluding hydrogens is 402 g/mol. The highest BCUT2D eigenvalue weighted by molar-refractivity contribution is 5.79. The molecular formula is C25H37N5O2. The summed E-state index contributed by atoms with van der Waals surface area (Å²) in [4.78, 5) is 9.44. The standard InChI is InChI=1S/C25H37N5O2/c1-5-29-12-14-30(15-13-29)19-22-9-7-6-8-21(22)18-28-25(26-2)27-17-20-10-11-23(31-3)24(16-20)32-4/h6-11,16H,5,12-15,17-19H2,1-4H3,(H2,26,27,28). The van der Waals surface area contributed by atoms with Crippen molar-refractivity contribution in [2.75, 3.05) is 54.0 Å². The maximum Gasteiger partial charge on any atom is 0.191 e. The smallest absolute Gasteiger partial charge is 0.191 e. The largest absolute Gasteiger partial charge is 0.493 e. The molecule has 174 valence electrons. The molecule has 0 spiro atoms. The van der Waals surface area contributed by atoms with E-state index < -0.39 is 0 Å². The van der Waals surface area contributed by atoms with Gasteiger partial charge < -0.3 is 25.0 Å². The first-order valence-electron chi connectivity index (χ1n) is 11.3. The summed E-state index contributed by atoms with van der Waals surface area (Å²) < 4.78 is 10.7. The van der Waals surface area contributed by atoms with E-state index in [0.717, 1.165) is 68.8 Å². The molecule has 1 heterocycles. The van der Waals surface area contributed by atoms with E-state index in [9.17, 15) is 0 Å². The molecule has 0 unspecified atom stereocenters. The number of rotatable bonds is 9. The van der Waals surface area contributed by atoms with E-state index in [2.05, 4.69) is 56.6 Å². The van der Waals surface area contributed by atoms with Crippen LogP contribution in [-0.2, 0) is 19.6 Å². The summed E-state index contributed by atoms with van der Waals surface area (Å²) in [6.07, 6.45) is 0. The summed E-state index contributed by atoms with van der Waals surface area (Å²) in [7, 11) is 5.09. The van der Waals surface area contributed by atoms with Crippen molar-refractivity contribution in [3.8, 4) is 11.5 Å². The van der Waals surface area contributed by atoms with Crippen LogP contribution in [-0.4, -0.2) is 69.8 Å². The second-order valence-electron chi connectivity index (χ2n) is 7.95. The third-order valence-corrected chi connectivity index (χ3v) is 6.00. The summed E-state index contributed by atoms with van der Waals surface area (Å²) >= 11 is 0. The fourth-order valence-corrected chi connectivity index (χ4v) is 3.96. The molecule has 2 aromatic rings. The molecule has 0 bridgehead atoms. The van der Waals surface area contributed by atoms with E-state index in [1.54, 1.807) is 21.3 Å². The van der Waals surface area contributed by atoms with Gasteiger partial charge in [0.25, 0.3) is 0 Å². The number of piperazine rings is 1. The van der Waals surface area contributed by atoms with Crippen LogP contribution in [0.25, 0.3) is 0 Å². The second kappa shape index (κ2) is 12.3. The lowest BCUT2D eigenvalue weighted by molar-refractivity contribution is 0.131. The molecule has 0 aliphatic carbocycles. The van der Waals surface area contributed by atoms with Crippen LogP contribution in [0.1, 0.15) is 23.6 Å². The van der Waals surface area contributed by atoms with E-state index in [1.807, 2.05) is 18.2 Å².